The predicted molar refractivity (Wildman–Crippen MR) is 62.5 cm³/mol. The van der Waals surface area contributed by atoms with E-state index in [4.69, 9.17) is 0 Å². The molecule has 0 radical (unpaired) electrons. The quantitative estimate of drug-likeness (QED) is 0.825. The predicted octanol–water partition coefficient (Wildman–Crippen LogP) is 3.08. The van der Waals surface area contributed by atoms with E-state index >= 15 is 0 Å². The molecule has 1 fully saturated rings. The van der Waals surface area contributed by atoms with Gasteiger partial charge in [-0.05, 0) is 40.8 Å². The Kier molecular flexibility index (Phi) is 3.06. The summed E-state index contributed by atoms with van der Waals surface area (Å²) < 4.78 is 1.09. The molecule has 3 heteroatoms. The van der Waals surface area contributed by atoms with Crippen LogP contribution in [0, 0.1) is 5.92 Å². The van der Waals surface area contributed by atoms with Crippen molar-refractivity contribution in [1.82, 2.24) is 4.98 Å². The molecule has 0 bridgehead atoms. The van der Waals surface area contributed by atoms with Gasteiger partial charge < -0.3 is 4.90 Å². The molecule has 0 amide bonds. The molecule has 0 unspecified atom stereocenters. The first-order valence-corrected chi connectivity index (χ1v) is 5.87. The summed E-state index contributed by atoms with van der Waals surface area (Å²) in [5, 5.41) is 0. The van der Waals surface area contributed by atoms with E-state index in [0.29, 0.717) is 0 Å². The van der Waals surface area contributed by atoms with Crippen molar-refractivity contribution in [2.75, 3.05) is 18.5 Å². The van der Waals surface area contributed by atoms with Crippen LogP contribution in [0.1, 0.15) is 19.3 Å². The molecule has 1 aromatic rings. The molecular formula is C11H15BrN2. The van der Waals surface area contributed by atoms with Crippen LogP contribution in [0.3, 0.4) is 0 Å². The van der Waals surface area contributed by atoms with Gasteiger partial charge in [-0.25, -0.2) is 0 Å². The first kappa shape index (κ1) is 9.97. The highest BCUT2D eigenvalue weighted by Crippen LogP contribution is 2.30. The zero-order chi connectivity index (χ0) is 9.97. The SMILES string of the molecule is CN(CC1CCC1)c1ccncc1Br. The molecule has 1 saturated carbocycles. The van der Waals surface area contributed by atoms with Crippen molar-refractivity contribution < 1.29 is 0 Å². The Labute approximate surface area is 93.5 Å². The van der Waals surface area contributed by atoms with Crippen LogP contribution >= 0.6 is 15.9 Å². The summed E-state index contributed by atoms with van der Waals surface area (Å²) in [5.41, 5.74) is 1.24. The Morgan fingerprint density at radius 3 is 2.93 bits per heavy atom. The number of anilines is 1. The molecule has 0 aliphatic heterocycles. The second-order valence-electron chi connectivity index (χ2n) is 4.00. The van der Waals surface area contributed by atoms with Crippen LogP contribution in [-0.4, -0.2) is 18.6 Å². The summed E-state index contributed by atoms with van der Waals surface area (Å²) >= 11 is 3.52. The second-order valence-corrected chi connectivity index (χ2v) is 4.86. The van der Waals surface area contributed by atoms with Gasteiger partial charge >= 0.3 is 0 Å². The van der Waals surface area contributed by atoms with Gasteiger partial charge in [-0.2, -0.15) is 0 Å². The highest BCUT2D eigenvalue weighted by atomic mass is 79.9. The lowest BCUT2D eigenvalue weighted by atomic mass is 9.85. The van der Waals surface area contributed by atoms with E-state index < -0.39 is 0 Å². The van der Waals surface area contributed by atoms with E-state index in [1.54, 1.807) is 0 Å². The van der Waals surface area contributed by atoms with E-state index in [9.17, 15) is 0 Å². The molecular weight excluding hydrogens is 240 g/mol. The van der Waals surface area contributed by atoms with Gasteiger partial charge in [0.05, 0.1) is 10.2 Å². The van der Waals surface area contributed by atoms with Crippen molar-refractivity contribution >= 4 is 21.6 Å². The van der Waals surface area contributed by atoms with Crippen molar-refractivity contribution in [3.05, 3.63) is 22.9 Å². The van der Waals surface area contributed by atoms with E-state index in [1.165, 1.54) is 31.5 Å². The number of nitrogens with zero attached hydrogens (tertiary/aromatic N) is 2. The summed E-state index contributed by atoms with van der Waals surface area (Å²) in [4.78, 5) is 6.38. The van der Waals surface area contributed by atoms with Gasteiger partial charge in [0.1, 0.15) is 0 Å². The first-order valence-electron chi connectivity index (χ1n) is 5.08. The van der Waals surface area contributed by atoms with Crippen LogP contribution in [-0.2, 0) is 0 Å². The van der Waals surface area contributed by atoms with Crippen LogP contribution in [0.4, 0.5) is 5.69 Å². The third kappa shape index (κ3) is 2.08. The number of pyridine rings is 1. The summed E-state index contributed by atoms with van der Waals surface area (Å²) in [7, 11) is 2.15. The molecule has 0 saturated heterocycles. The highest BCUT2D eigenvalue weighted by Gasteiger charge is 2.19. The van der Waals surface area contributed by atoms with Gasteiger partial charge in [-0.15, -0.1) is 0 Å². The Morgan fingerprint density at radius 1 is 1.57 bits per heavy atom. The Hall–Kier alpha value is -0.570. The lowest BCUT2D eigenvalue weighted by molar-refractivity contribution is 0.321. The zero-order valence-electron chi connectivity index (χ0n) is 8.41. The van der Waals surface area contributed by atoms with Crippen LogP contribution in [0.5, 0.6) is 0 Å². The molecule has 0 atom stereocenters. The fourth-order valence-electron chi connectivity index (χ4n) is 1.84. The zero-order valence-corrected chi connectivity index (χ0v) is 10.00. The minimum Gasteiger partial charge on any atom is -0.373 e. The molecule has 2 nitrogen and oxygen atoms in total. The van der Waals surface area contributed by atoms with E-state index in [-0.39, 0.29) is 0 Å². The van der Waals surface area contributed by atoms with E-state index in [1.807, 2.05) is 12.4 Å². The maximum absolute atomic E-state index is 4.07. The molecule has 0 aromatic carbocycles. The molecule has 1 heterocycles. The number of rotatable bonds is 3. The van der Waals surface area contributed by atoms with Crippen LogP contribution in [0.25, 0.3) is 0 Å². The number of halogens is 1. The summed E-state index contributed by atoms with van der Waals surface area (Å²) in [6.45, 7) is 1.17. The van der Waals surface area contributed by atoms with Crippen molar-refractivity contribution in [1.29, 1.82) is 0 Å². The molecule has 1 aromatic heterocycles. The van der Waals surface area contributed by atoms with Gasteiger partial charge in [0.25, 0.3) is 0 Å². The standard InChI is InChI=1S/C11H15BrN2/c1-14(8-9-3-2-4-9)11-5-6-13-7-10(11)12/h5-7,9H,2-4,8H2,1H3. The van der Waals surface area contributed by atoms with Gasteiger partial charge in [0.2, 0.25) is 0 Å². The highest BCUT2D eigenvalue weighted by molar-refractivity contribution is 9.10. The van der Waals surface area contributed by atoms with E-state index in [2.05, 4.69) is 38.9 Å². The molecule has 76 valence electrons. The van der Waals surface area contributed by atoms with Crippen molar-refractivity contribution in [3.8, 4) is 0 Å². The summed E-state index contributed by atoms with van der Waals surface area (Å²) in [6, 6.07) is 2.06. The van der Waals surface area contributed by atoms with Gasteiger partial charge in [-0.1, -0.05) is 6.42 Å². The molecule has 0 N–H and O–H groups in total. The molecule has 14 heavy (non-hydrogen) atoms. The van der Waals surface area contributed by atoms with Gasteiger partial charge in [-0.3, -0.25) is 4.98 Å². The monoisotopic (exact) mass is 254 g/mol. The van der Waals surface area contributed by atoms with Crippen molar-refractivity contribution in [2.24, 2.45) is 5.92 Å². The lowest BCUT2D eigenvalue weighted by Gasteiger charge is -2.31. The van der Waals surface area contributed by atoms with Crippen LogP contribution < -0.4 is 4.90 Å². The smallest absolute Gasteiger partial charge is 0.0592 e. The summed E-state index contributed by atoms with van der Waals surface area (Å²) in [6.07, 6.45) is 7.90. The number of hydrogen-bond acceptors (Lipinski definition) is 2. The van der Waals surface area contributed by atoms with Crippen LogP contribution in [0.15, 0.2) is 22.9 Å². The maximum Gasteiger partial charge on any atom is 0.0592 e. The second kappa shape index (κ2) is 4.30. The molecule has 2 rings (SSSR count). The first-order chi connectivity index (χ1) is 6.77. The molecule has 1 aliphatic carbocycles. The van der Waals surface area contributed by atoms with Crippen molar-refractivity contribution in [3.63, 3.8) is 0 Å². The largest absolute Gasteiger partial charge is 0.373 e. The number of hydrogen-bond donors (Lipinski definition) is 0. The third-order valence-corrected chi connectivity index (χ3v) is 3.53. The Morgan fingerprint density at radius 2 is 2.36 bits per heavy atom. The normalized spacial score (nSPS) is 16.4. The molecule has 0 spiro atoms. The summed E-state index contributed by atoms with van der Waals surface area (Å²) in [5.74, 6) is 0.903. The topological polar surface area (TPSA) is 16.1 Å². The Bertz CT molecular complexity index is 310. The van der Waals surface area contributed by atoms with Gasteiger partial charge in [0.15, 0.2) is 0 Å². The minimum absolute atomic E-state index is 0.903. The average Bonchev–Trinajstić information content (AvgIpc) is 2.12. The van der Waals surface area contributed by atoms with E-state index in [0.717, 1.165) is 10.4 Å². The number of aromatic nitrogens is 1. The average molecular weight is 255 g/mol. The fourth-order valence-corrected chi connectivity index (χ4v) is 2.39. The van der Waals surface area contributed by atoms with Crippen molar-refractivity contribution in [2.45, 2.75) is 19.3 Å². The Balaban J connectivity index is 2.02. The van der Waals surface area contributed by atoms with Crippen LogP contribution in [0.2, 0.25) is 0 Å². The third-order valence-electron chi connectivity index (χ3n) is 2.92. The van der Waals surface area contributed by atoms with Gasteiger partial charge in [0, 0.05) is 26.0 Å². The maximum atomic E-state index is 4.07. The lowest BCUT2D eigenvalue weighted by Crippen LogP contribution is -2.29. The minimum atomic E-state index is 0.903. The fraction of sp³-hybridized carbons (Fsp3) is 0.545. The molecule has 1 aliphatic rings.